The Kier molecular flexibility index (Phi) is 6.97. The fourth-order valence-electron chi connectivity index (χ4n) is 3.72. The molecule has 34 heavy (non-hydrogen) atoms. The van der Waals surface area contributed by atoms with Gasteiger partial charge >= 0.3 is 5.63 Å². The Bertz CT molecular complexity index is 1360. The van der Waals surface area contributed by atoms with Gasteiger partial charge in [-0.15, -0.1) is 0 Å². The number of amides is 1. The number of para-hydroxylation sites is 1. The number of methoxy groups -OCH3 is 1. The molecular weight excluding hydrogens is 430 g/mol. The standard InChI is InChI=1S/C28H27NO5/c1-4-18(2)19-9-12-22(13-10-19)33-17-27(30)29-21-11-14-23(26(16-21)32-3)24-15-20-7-5-6-8-25(20)34-28(24)31/h5-16,18H,4,17H2,1-3H3,(H,29,30). The Balaban J connectivity index is 1.46. The molecule has 6 nitrogen and oxygen atoms in total. The van der Waals surface area contributed by atoms with Crippen molar-refractivity contribution in [3.63, 3.8) is 0 Å². The van der Waals surface area contributed by atoms with Gasteiger partial charge in [-0.3, -0.25) is 4.79 Å². The summed E-state index contributed by atoms with van der Waals surface area (Å²) in [6, 6.07) is 22.0. The maximum absolute atomic E-state index is 12.6. The van der Waals surface area contributed by atoms with Gasteiger partial charge in [0, 0.05) is 22.7 Å². The highest BCUT2D eigenvalue weighted by Gasteiger charge is 2.14. The molecular formula is C28H27NO5. The van der Waals surface area contributed by atoms with Crippen LogP contribution in [0.25, 0.3) is 22.1 Å². The second kappa shape index (κ2) is 10.3. The molecule has 0 radical (unpaired) electrons. The summed E-state index contributed by atoms with van der Waals surface area (Å²) < 4.78 is 16.6. The van der Waals surface area contributed by atoms with E-state index >= 15 is 0 Å². The van der Waals surface area contributed by atoms with Crippen molar-refractivity contribution in [1.29, 1.82) is 0 Å². The van der Waals surface area contributed by atoms with Crippen molar-refractivity contribution in [1.82, 2.24) is 0 Å². The molecule has 0 saturated heterocycles. The Morgan fingerprint density at radius 3 is 2.50 bits per heavy atom. The Morgan fingerprint density at radius 2 is 1.76 bits per heavy atom. The number of hydrogen-bond acceptors (Lipinski definition) is 5. The van der Waals surface area contributed by atoms with E-state index in [1.807, 2.05) is 42.5 Å². The van der Waals surface area contributed by atoms with Gasteiger partial charge in [0.05, 0.1) is 12.7 Å². The normalized spacial score (nSPS) is 11.7. The number of carbonyl (C=O) groups excluding carboxylic acids is 1. The number of carbonyl (C=O) groups is 1. The molecule has 1 aromatic heterocycles. The minimum atomic E-state index is -0.457. The molecule has 3 aromatic carbocycles. The van der Waals surface area contributed by atoms with E-state index < -0.39 is 5.63 Å². The fraction of sp³-hybridized carbons (Fsp3) is 0.214. The van der Waals surface area contributed by atoms with Crippen LogP contribution in [-0.4, -0.2) is 19.6 Å². The lowest BCUT2D eigenvalue weighted by Gasteiger charge is -2.13. The van der Waals surface area contributed by atoms with Gasteiger partial charge in [0.1, 0.15) is 17.1 Å². The highest BCUT2D eigenvalue weighted by molar-refractivity contribution is 5.93. The third-order valence-electron chi connectivity index (χ3n) is 5.85. The van der Waals surface area contributed by atoms with Crippen molar-refractivity contribution in [3.05, 3.63) is 88.8 Å². The first kappa shape index (κ1) is 23.1. The van der Waals surface area contributed by atoms with Gasteiger partial charge in [-0.25, -0.2) is 4.79 Å². The van der Waals surface area contributed by atoms with E-state index in [1.165, 1.54) is 12.7 Å². The first-order valence-electron chi connectivity index (χ1n) is 11.2. The minimum absolute atomic E-state index is 0.124. The third kappa shape index (κ3) is 5.12. The first-order valence-corrected chi connectivity index (χ1v) is 11.2. The molecule has 1 N–H and O–H groups in total. The predicted octanol–water partition coefficient (Wildman–Crippen LogP) is 6.00. The van der Waals surface area contributed by atoms with E-state index in [1.54, 1.807) is 30.3 Å². The van der Waals surface area contributed by atoms with Crippen molar-refractivity contribution in [3.8, 4) is 22.6 Å². The average molecular weight is 458 g/mol. The molecule has 0 aliphatic rings. The summed E-state index contributed by atoms with van der Waals surface area (Å²) in [6.07, 6.45) is 1.07. The molecule has 0 spiro atoms. The number of benzene rings is 3. The number of anilines is 1. The van der Waals surface area contributed by atoms with Gasteiger partial charge in [-0.05, 0) is 54.3 Å². The van der Waals surface area contributed by atoms with Crippen molar-refractivity contribution in [2.75, 3.05) is 19.0 Å². The number of hydrogen-bond donors (Lipinski definition) is 1. The molecule has 1 heterocycles. The van der Waals surface area contributed by atoms with Gasteiger partial charge in [-0.2, -0.15) is 0 Å². The monoisotopic (exact) mass is 457 g/mol. The lowest BCUT2D eigenvalue weighted by molar-refractivity contribution is -0.118. The van der Waals surface area contributed by atoms with Crippen LogP contribution in [0.15, 0.2) is 82.0 Å². The van der Waals surface area contributed by atoms with E-state index in [2.05, 4.69) is 19.2 Å². The number of fused-ring (bicyclic) bond motifs is 1. The van der Waals surface area contributed by atoms with E-state index in [-0.39, 0.29) is 12.5 Å². The van der Waals surface area contributed by atoms with Gasteiger partial charge in [0.25, 0.3) is 5.91 Å². The summed E-state index contributed by atoms with van der Waals surface area (Å²) >= 11 is 0. The third-order valence-corrected chi connectivity index (χ3v) is 5.85. The minimum Gasteiger partial charge on any atom is -0.496 e. The van der Waals surface area contributed by atoms with Crippen LogP contribution in [0.2, 0.25) is 0 Å². The van der Waals surface area contributed by atoms with Crippen LogP contribution in [0.4, 0.5) is 5.69 Å². The van der Waals surface area contributed by atoms with Crippen LogP contribution >= 0.6 is 0 Å². The fourth-order valence-corrected chi connectivity index (χ4v) is 3.72. The summed E-state index contributed by atoms with van der Waals surface area (Å²) in [5, 5.41) is 3.61. The molecule has 174 valence electrons. The van der Waals surface area contributed by atoms with E-state index in [0.29, 0.717) is 39.8 Å². The average Bonchev–Trinajstić information content (AvgIpc) is 2.87. The molecule has 0 fully saturated rings. The summed E-state index contributed by atoms with van der Waals surface area (Å²) in [5.41, 5.74) is 2.81. The SMILES string of the molecule is CCC(C)c1ccc(OCC(=O)Nc2ccc(-c3cc4ccccc4oc3=O)c(OC)c2)cc1. The van der Waals surface area contributed by atoms with Crippen LogP contribution in [0.5, 0.6) is 11.5 Å². The molecule has 4 rings (SSSR count). The van der Waals surface area contributed by atoms with Gasteiger partial charge in [-0.1, -0.05) is 44.2 Å². The molecule has 4 aromatic rings. The van der Waals surface area contributed by atoms with Crippen molar-refractivity contribution < 1.29 is 18.7 Å². The second-order valence-corrected chi connectivity index (χ2v) is 8.12. The molecule has 0 aliphatic heterocycles. The zero-order valence-corrected chi connectivity index (χ0v) is 19.5. The zero-order valence-electron chi connectivity index (χ0n) is 19.5. The molecule has 0 bridgehead atoms. The van der Waals surface area contributed by atoms with Gasteiger partial charge < -0.3 is 19.2 Å². The quantitative estimate of drug-likeness (QED) is 0.328. The van der Waals surface area contributed by atoms with Crippen molar-refractivity contribution in [2.24, 2.45) is 0 Å². The maximum Gasteiger partial charge on any atom is 0.344 e. The van der Waals surface area contributed by atoms with Crippen LogP contribution in [0, 0.1) is 0 Å². The lowest BCUT2D eigenvalue weighted by Crippen LogP contribution is -2.20. The summed E-state index contributed by atoms with van der Waals surface area (Å²) in [6.45, 7) is 4.20. The van der Waals surface area contributed by atoms with Crippen molar-refractivity contribution in [2.45, 2.75) is 26.2 Å². The largest absolute Gasteiger partial charge is 0.496 e. The highest BCUT2D eigenvalue weighted by atomic mass is 16.5. The smallest absolute Gasteiger partial charge is 0.344 e. The Labute approximate surface area is 198 Å². The van der Waals surface area contributed by atoms with Gasteiger partial charge in [0.15, 0.2) is 6.61 Å². The molecule has 0 aliphatic carbocycles. The number of nitrogens with one attached hydrogen (secondary N) is 1. The van der Waals surface area contributed by atoms with Crippen molar-refractivity contribution >= 4 is 22.6 Å². The highest BCUT2D eigenvalue weighted by Crippen LogP contribution is 2.32. The molecule has 1 amide bonds. The van der Waals surface area contributed by atoms with Crippen LogP contribution < -0.4 is 20.4 Å². The first-order chi connectivity index (χ1) is 16.5. The Morgan fingerprint density at radius 1 is 1.00 bits per heavy atom. The summed E-state index contributed by atoms with van der Waals surface area (Å²) in [5.74, 6) is 1.27. The lowest BCUT2D eigenvalue weighted by atomic mass is 9.99. The van der Waals surface area contributed by atoms with Crippen LogP contribution in [0.1, 0.15) is 31.7 Å². The van der Waals surface area contributed by atoms with E-state index in [0.717, 1.165) is 11.8 Å². The second-order valence-electron chi connectivity index (χ2n) is 8.12. The predicted molar refractivity (Wildman–Crippen MR) is 134 cm³/mol. The molecule has 1 unspecified atom stereocenters. The van der Waals surface area contributed by atoms with Gasteiger partial charge in [0.2, 0.25) is 0 Å². The zero-order chi connectivity index (χ0) is 24.1. The summed E-state index contributed by atoms with van der Waals surface area (Å²) in [4.78, 5) is 25.0. The molecule has 1 atom stereocenters. The van der Waals surface area contributed by atoms with E-state index in [9.17, 15) is 9.59 Å². The molecule has 6 heteroatoms. The number of ether oxygens (including phenoxy) is 2. The Hall–Kier alpha value is -4.06. The van der Waals surface area contributed by atoms with Crippen LogP contribution in [-0.2, 0) is 4.79 Å². The summed E-state index contributed by atoms with van der Waals surface area (Å²) in [7, 11) is 1.51. The maximum atomic E-state index is 12.6. The number of rotatable bonds is 8. The molecule has 0 saturated carbocycles. The van der Waals surface area contributed by atoms with E-state index in [4.69, 9.17) is 13.9 Å². The van der Waals surface area contributed by atoms with Crippen LogP contribution in [0.3, 0.4) is 0 Å². The topological polar surface area (TPSA) is 77.8 Å².